The van der Waals surface area contributed by atoms with E-state index in [1.807, 2.05) is 36.4 Å². The maximum Gasteiger partial charge on any atom is 0.147 e. The molecule has 1 fully saturated rings. The molecule has 0 aliphatic carbocycles. The summed E-state index contributed by atoms with van der Waals surface area (Å²) in [4.78, 5) is 11.3. The van der Waals surface area contributed by atoms with Crippen LogP contribution in [0, 0.1) is 0 Å². The standard InChI is InChI=1S/C20H19ClN4O/c1-25(16-10-22-11-16)20-13-23-12-19(24-20)14-3-2-4-18(9-14)26-17-7-5-15(21)6-8-17/h2-9,12-13,16,22H,10-11H2,1H3. The van der Waals surface area contributed by atoms with E-state index < -0.39 is 0 Å². The molecule has 0 spiro atoms. The second kappa shape index (κ2) is 7.32. The molecule has 2 heterocycles. The Bertz CT molecular complexity index is 896. The van der Waals surface area contributed by atoms with Crippen molar-refractivity contribution in [3.05, 3.63) is 65.9 Å². The van der Waals surface area contributed by atoms with Crippen molar-refractivity contribution in [3.8, 4) is 22.8 Å². The van der Waals surface area contributed by atoms with Crippen molar-refractivity contribution in [2.24, 2.45) is 0 Å². The van der Waals surface area contributed by atoms with E-state index in [0.717, 1.165) is 41.7 Å². The SMILES string of the molecule is CN(c1cncc(-c2cccc(Oc3ccc(Cl)cc3)c2)n1)C1CNC1. The van der Waals surface area contributed by atoms with Crippen LogP contribution in [0.1, 0.15) is 0 Å². The van der Waals surface area contributed by atoms with Crippen molar-refractivity contribution >= 4 is 17.4 Å². The highest BCUT2D eigenvalue weighted by Gasteiger charge is 2.22. The molecule has 0 atom stereocenters. The highest BCUT2D eigenvalue weighted by atomic mass is 35.5. The van der Waals surface area contributed by atoms with Crippen molar-refractivity contribution < 1.29 is 4.74 Å². The van der Waals surface area contributed by atoms with Gasteiger partial charge in [-0.25, -0.2) is 4.98 Å². The summed E-state index contributed by atoms with van der Waals surface area (Å²) in [6.45, 7) is 1.96. The van der Waals surface area contributed by atoms with Gasteiger partial charge < -0.3 is 15.0 Å². The Balaban J connectivity index is 1.57. The molecule has 0 unspecified atom stereocenters. The topological polar surface area (TPSA) is 50.3 Å². The highest BCUT2D eigenvalue weighted by Crippen LogP contribution is 2.28. The summed E-state index contributed by atoms with van der Waals surface area (Å²) >= 11 is 5.92. The first-order valence-electron chi connectivity index (χ1n) is 8.48. The van der Waals surface area contributed by atoms with Crippen LogP contribution in [-0.4, -0.2) is 36.1 Å². The Hall–Kier alpha value is -2.63. The van der Waals surface area contributed by atoms with E-state index in [1.54, 1.807) is 24.5 Å². The lowest BCUT2D eigenvalue weighted by Crippen LogP contribution is -2.56. The van der Waals surface area contributed by atoms with Crippen LogP contribution in [0.4, 0.5) is 5.82 Å². The zero-order valence-corrected chi connectivity index (χ0v) is 15.1. The van der Waals surface area contributed by atoms with Crippen LogP contribution < -0.4 is 15.0 Å². The lowest BCUT2D eigenvalue weighted by Gasteiger charge is -2.36. The van der Waals surface area contributed by atoms with Crippen molar-refractivity contribution in [1.29, 1.82) is 0 Å². The van der Waals surface area contributed by atoms with Crippen LogP contribution in [0.15, 0.2) is 60.9 Å². The predicted octanol–water partition coefficient (Wildman–Crippen LogP) is 4.00. The molecule has 0 saturated carbocycles. The van der Waals surface area contributed by atoms with Crippen LogP contribution in [-0.2, 0) is 0 Å². The molecule has 3 aromatic rings. The summed E-state index contributed by atoms with van der Waals surface area (Å²) in [7, 11) is 2.05. The average Bonchev–Trinajstić information content (AvgIpc) is 2.63. The monoisotopic (exact) mass is 366 g/mol. The van der Waals surface area contributed by atoms with Gasteiger partial charge in [-0.15, -0.1) is 0 Å². The van der Waals surface area contributed by atoms with Gasteiger partial charge in [0.15, 0.2) is 0 Å². The molecule has 26 heavy (non-hydrogen) atoms. The van der Waals surface area contributed by atoms with Crippen molar-refractivity contribution in [3.63, 3.8) is 0 Å². The number of benzene rings is 2. The molecule has 1 saturated heterocycles. The van der Waals surface area contributed by atoms with Gasteiger partial charge in [0, 0.05) is 30.7 Å². The van der Waals surface area contributed by atoms with Gasteiger partial charge in [0.25, 0.3) is 0 Å². The van der Waals surface area contributed by atoms with Crippen molar-refractivity contribution in [1.82, 2.24) is 15.3 Å². The summed E-state index contributed by atoms with van der Waals surface area (Å²) < 4.78 is 5.91. The van der Waals surface area contributed by atoms with Gasteiger partial charge in [-0.2, -0.15) is 0 Å². The lowest BCUT2D eigenvalue weighted by atomic mass is 10.1. The van der Waals surface area contributed by atoms with Crippen LogP contribution >= 0.6 is 11.6 Å². The molecule has 132 valence electrons. The maximum absolute atomic E-state index is 5.92. The van der Waals surface area contributed by atoms with Crippen molar-refractivity contribution in [2.45, 2.75) is 6.04 Å². The minimum atomic E-state index is 0.471. The van der Waals surface area contributed by atoms with Gasteiger partial charge >= 0.3 is 0 Å². The van der Waals surface area contributed by atoms with E-state index in [-0.39, 0.29) is 0 Å². The second-order valence-corrected chi connectivity index (χ2v) is 6.71. The lowest BCUT2D eigenvalue weighted by molar-refractivity contribution is 0.426. The number of nitrogens with one attached hydrogen (secondary N) is 1. The zero-order valence-electron chi connectivity index (χ0n) is 14.4. The summed E-state index contributed by atoms with van der Waals surface area (Å²) in [6, 6.07) is 15.6. The summed E-state index contributed by atoms with van der Waals surface area (Å²) in [5, 5.41) is 3.96. The molecule has 5 nitrogen and oxygen atoms in total. The van der Waals surface area contributed by atoms with Crippen molar-refractivity contribution in [2.75, 3.05) is 25.0 Å². The Morgan fingerprint density at radius 2 is 1.88 bits per heavy atom. The molecule has 1 aromatic heterocycles. The predicted molar refractivity (Wildman–Crippen MR) is 104 cm³/mol. The van der Waals surface area contributed by atoms with Gasteiger partial charge in [0.2, 0.25) is 0 Å². The molecular weight excluding hydrogens is 348 g/mol. The molecule has 0 bridgehead atoms. The molecule has 4 rings (SSSR count). The van der Waals surface area contributed by atoms with Crippen LogP contribution in [0.25, 0.3) is 11.3 Å². The Kier molecular flexibility index (Phi) is 4.73. The average molecular weight is 367 g/mol. The van der Waals surface area contributed by atoms with E-state index in [4.69, 9.17) is 21.3 Å². The quantitative estimate of drug-likeness (QED) is 0.739. The molecule has 1 aliphatic heterocycles. The number of likely N-dealkylation sites (N-methyl/N-ethyl adjacent to an activating group) is 1. The zero-order chi connectivity index (χ0) is 17.9. The Morgan fingerprint density at radius 1 is 1.08 bits per heavy atom. The molecule has 6 heteroatoms. The fraction of sp³-hybridized carbons (Fsp3) is 0.200. The number of aromatic nitrogens is 2. The third-order valence-electron chi connectivity index (χ3n) is 4.47. The van der Waals surface area contributed by atoms with Crippen LogP contribution in [0.2, 0.25) is 5.02 Å². The minimum Gasteiger partial charge on any atom is -0.457 e. The number of ether oxygens (including phenoxy) is 1. The normalized spacial score (nSPS) is 13.9. The minimum absolute atomic E-state index is 0.471. The first-order chi connectivity index (χ1) is 12.7. The van der Waals surface area contributed by atoms with Gasteiger partial charge in [-0.1, -0.05) is 23.7 Å². The van der Waals surface area contributed by atoms with E-state index in [1.165, 1.54) is 0 Å². The Labute approximate surface area is 157 Å². The molecule has 1 N–H and O–H groups in total. The first-order valence-corrected chi connectivity index (χ1v) is 8.86. The first kappa shape index (κ1) is 16.8. The number of hydrogen-bond acceptors (Lipinski definition) is 5. The molecule has 0 amide bonds. The Morgan fingerprint density at radius 3 is 2.62 bits per heavy atom. The number of hydrogen-bond donors (Lipinski definition) is 1. The number of halogens is 1. The van der Waals surface area contributed by atoms with Crippen LogP contribution in [0.5, 0.6) is 11.5 Å². The molecule has 0 radical (unpaired) electrons. The number of anilines is 1. The van der Waals surface area contributed by atoms with Gasteiger partial charge in [0.1, 0.15) is 17.3 Å². The third kappa shape index (κ3) is 3.64. The number of nitrogens with zero attached hydrogens (tertiary/aromatic N) is 3. The maximum atomic E-state index is 5.92. The van der Waals surface area contributed by atoms with E-state index >= 15 is 0 Å². The summed E-state index contributed by atoms with van der Waals surface area (Å²) in [5.74, 6) is 2.36. The van der Waals surface area contributed by atoms with Crippen LogP contribution in [0.3, 0.4) is 0 Å². The summed E-state index contributed by atoms with van der Waals surface area (Å²) in [5.41, 5.74) is 1.79. The third-order valence-corrected chi connectivity index (χ3v) is 4.72. The second-order valence-electron chi connectivity index (χ2n) is 6.27. The fourth-order valence-electron chi connectivity index (χ4n) is 2.76. The fourth-order valence-corrected chi connectivity index (χ4v) is 2.88. The van der Waals surface area contributed by atoms with Gasteiger partial charge in [0.05, 0.1) is 24.1 Å². The molecule has 1 aliphatic rings. The van der Waals surface area contributed by atoms with E-state index in [2.05, 4.69) is 22.2 Å². The number of rotatable bonds is 5. The van der Waals surface area contributed by atoms with Gasteiger partial charge in [-0.05, 0) is 36.4 Å². The van der Waals surface area contributed by atoms with E-state index in [0.29, 0.717) is 11.1 Å². The summed E-state index contributed by atoms with van der Waals surface area (Å²) in [6.07, 6.45) is 3.58. The highest BCUT2D eigenvalue weighted by molar-refractivity contribution is 6.30. The van der Waals surface area contributed by atoms with Gasteiger partial charge in [-0.3, -0.25) is 4.98 Å². The molecule has 2 aromatic carbocycles. The largest absolute Gasteiger partial charge is 0.457 e. The molecular formula is C20H19ClN4O. The van der Waals surface area contributed by atoms with E-state index in [9.17, 15) is 0 Å². The smallest absolute Gasteiger partial charge is 0.147 e.